The number of nitrogens with zero attached hydrogens (tertiary/aromatic N) is 3. The van der Waals surface area contributed by atoms with Crippen molar-refractivity contribution in [2.75, 3.05) is 0 Å². The van der Waals surface area contributed by atoms with E-state index in [9.17, 15) is 0 Å². The van der Waals surface area contributed by atoms with Crippen molar-refractivity contribution >= 4 is 22.1 Å². The van der Waals surface area contributed by atoms with E-state index in [1.54, 1.807) is 54.9 Å². The fraction of sp³-hybridized carbons (Fsp3) is 0.204. The number of aromatic nitrogens is 3. The van der Waals surface area contributed by atoms with Gasteiger partial charge in [0.05, 0.1) is 5.58 Å². The van der Waals surface area contributed by atoms with Crippen molar-refractivity contribution < 1.29 is 43.7 Å². The number of aryl methyl sites for hydroxylation is 4. The van der Waals surface area contributed by atoms with Crippen molar-refractivity contribution in [1.82, 2.24) is 15.0 Å². The van der Waals surface area contributed by atoms with Crippen molar-refractivity contribution in [1.29, 1.82) is 0 Å². The molecule has 0 fully saturated rings. The van der Waals surface area contributed by atoms with E-state index >= 15 is 0 Å². The Labute approximate surface area is 352 Å². The summed E-state index contributed by atoms with van der Waals surface area (Å²) in [5, 5.41) is 1.42. The quantitative estimate of drug-likeness (QED) is 0.156. The van der Waals surface area contributed by atoms with E-state index < -0.39 is 39.2 Å². The molecule has 0 saturated carbocycles. The number of rotatable bonds is 6. The third kappa shape index (κ3) is 8.93. The monoisotopic (exact) mass is 898 g/mol. The summed E-state index contributed by atoms with van der Waals surface area (Å²) in [4.78, 5) is 13.1. The molecular weight excluding hydrogens is 839 g/mol. The molecule has 0 aliphatic rings. The summed E-state index contributed by atoms with van der Waals surface area (Å²) in [6.07, 6.45) is 1.99. The van der Waals surface area contributed by atoms with Gasteiger partial charge in [0.15, 0.2) is 0 Å². The molecule has 1 radical (unpaired) electrons. The van der Waals surface area contributed by atoms with Crippen LogP contribution in [-0.2, 0) is 32.9 Å². The summed E-state index contributed by atoms with van der Waals surface area (Å²) in [5.74, 6) is 0. The van der Waals surface area contributed by atoms with Gasteiger partial charge in [0.25, 0.3) is 0 Å². The summed E-state index contributed by atoms with van der Waals surface area (Å²) in [5.41, 5.74) is 5.74. The zero-order valence-corrected chi connectivity index (χ0v) is 32.2. The van der Waals surface area contributed by atoms with Gasteiger partial charge in [-0.25, -0.2) is 4.98 Å². The van der Waals surface area contributed by atoms with Crippen LogP contribution in [0.15, 0.2) is 126 Å². The Kier molecular flexibility index (Phi) is 7.37. The van der Waals surface area contributed by atoms with Crippen molar-refractivity contribution in [3.8, 4) is 33.6 Å². The third-order valence-corrected chi connectivity index (χ3v) is 8.47. The fourth-order valence-corrected chi connectivity index (χ4v) is 6.03. The molecule has 8 aromatic rings. The Morgan fingerprint density at radius 1 is 0.722 bits per heavy atom. The summed E-state index contributed by atoms with van der Waals surface area (Å²) in [6, 6.07) is 37.1. The first-order chi connectivity index (χ1) is 31.1. The van der Waals surface area contributed by atoms with E-state index in [0.717, 1.165) is 16.5 Å². The predicted octanol–water partition coefficient (Wildman–Crippen LogP) is 12.5. The third-order valence-electron chi connectivity index (χ3n) is 8.47. The molecule has 0 bridgehead atoms. The number of hydrogen-bond acceptors (Lipinski definition) is 4. The van der Waals surface area contributed by atoms with Crippen LogP contribution in [0.25, 0.3) is 55.7 Å². The minimum Gasteiger partial charge on any atom is -0.486 e. The van der Waals surface area contributed by atoms with Crippen LogP contribution in [0, 0.1) is 45.0 Å². The van der Waals surface area contributed by atoms with Gasteiger partial charge in [-0.3, -0.25) is 0 Å². The predicted molar refractivity (Wildman–Crippen MR) is 219 cm³/mol. The summed E-state index contributed by atoms with van der Waals surface area (Å²) in [6.45, 7) is -4.15. The number of benzene rings is 4. The Morgan fingerprint density at radius 2 is 1.54 bits per heavy atom. The van der Waals surface area contributed by atoms with Crippen molar-refractivity contribution in [3.63, 3.8) is 0 Å². The topological polar surface area (TPSA) is 51.8 Å². The molecule has 0 unspecified atom stereocenters. The van der Waals surface area contributed by atoms with Crippen LogP contribution in [0.3, 0.4) is 0 Å². The summed E-state index contributed by atoms with van der Waals surface area (Å²) < 4.78 is 116. The maximum atomic E-state index is 8.39. The molecule has 4 aromatic carbocycles. The minimum absolute atomic E-state index is 0. The molecular formula is C49H45IrN3O-2. The van der Waals surface area contributed by atoms with Gasteiger partial charge in [-0.15, -0.1) is 47.5 Å². The molecule has 4 aromatic heterocycles. The van der Waals surface area contributed by atoms with E-state index in [2.05, 4.69) is 27.1 Å². The first-order valence-electron chi connectivity index (χ1n) is 24.0. The van der Waals surface area contributed by atoms with Crippen LogP contribution in [0.4, 0.5) is 0 Å². The van der Waals surface area contributed by atoms with Gasteiger partial charge in [-0.05, 0) is 102 Å². The molecule has 0 spiro atoms. The van der Waals surface area contributed by atoms with Crippen LogP contribution < -0.4 is 0 Å². The molecule has 8 rings (SSSR count). The van der Waals surface area contributed by atoms with Crippen LogP contribution in [0.2, 0.25) is 0 Å². The van der Waals surface area contributed by atoms with Crippen LogP contribution >= 0.6 is 0 Å². The van der Waals surface area contributed by atoms with Gasteiger partial charge in [-0.2, -0.15) is 0 Å². The average Bonchev–Trinajstić information content (AvgIpc) is 3.64. The fourth-order valence-electron chi connectivity index (χ4n) is 6.03. The Bertz CT molecular complexity index is 3060. The second-order valence-electron chi connectivity index (χ2n) is 13.7. The molecule has 0 amide bonds. The van der Waals surface area contributed by atoms with Crippen LogP contribution in [-0.4, -0.2) is 15.0 Å². The van der Waals surface area contributed by atoms with Crippen molar-refractivity contribution in [2.24, 2.45) is 5.41 Å². The number of fused-ring (bicyclic) bond motifs is 3. The van der Waals surface area contributed by atoms with E-state index in [4.69, 9.17) is 23.6 Å². The molecule has 0 aliphatic carbocycles. The molecule has 273 valence electrons. The van der Waals surface area contributed by atoms with E-state index in [-0.39, 0.29) is 48.2 Å². The normalized spacial score (nSPS) is 16.3. The molecule has 5 heteroatoms. The molecule has 0 N–H and O–H groups in total. The molecule has 0 saturated heterocycles. The summed E-state index contributed by atoms with van der Waals surface area (Å²) >= 11 is 0. The van der Waals surface area contributed by atoms with E-state index in [0.29, 0.717) is 56.6 Å². The minimum atomic E-state index is -2.57. The number of hydrogen-bond donors (Lipinski definition) is 0. The number of pyridine rings is 3. The second-order valence-corrected chi connectivity index (χ2v) is 13.7. The van der Waals surface area contributed by atoms with Crippen LogP contribution in [0.1, 0.15) is 79.0 Å². The smallest absolute Gasteiger partial charge is 0.216 e. The largest absolute Gasteiger partial charge is 0.486 e. The standard InChI is InChI=1S/C26H21N2O.C23H24N.Ir/c1-16-7-9-19(13-17(16)2)14-20-11-12-27-24(15-20)23-6-4-5-21-22-10-8-18(3)28-26(22)29-25(21)23;1-17-10-12-20(14-21(17)19-8-6-5-7-9-19)22-13-11-18(16-24-22)15-23(2,3)4;/h4-5,7-13,15H,14H2,1-3H3;5-11,13-14,16H,15H2,1-4H3;/q2*-1;/i1D3,2D3,3D3;1D3,15D2;. The van der Waals surface area contributed by atoms with Gasteiger partial charge in [0.1, 0.15) is 0 Å². The first kappa shape index (κ1) is 24.2. The van der Waals surface area contributed by atoms with Crippen molar-refractivity contribution in [3.05, 3.63) is 173 Å². The van der Waals surface area contributed by atoms with Gasteiger partial charge >= 0.3 is 0 Å². The SMILES string of the molecule is [2H]C([2H])([2H])c1c[c-]c(-c2ccc(C([2H])([2H])C(C)(C)C)cn2)cc1-c1ccccc1.[2H]C([2H])([2H])c1ccc2c(n1)oc1c(-c3cc(Cc4ccc(C([2H])([2H])[2H])c(C([2H])([2H])[2H])c4)ccn3)[c-]ccc12.[Ir]. The molecule has 4 heterocycles. The zero-order valence-electron chi connectivity index (χ0n) is 43.8. The van der Waals surface area contributed by atoms with Gasteiger partial charge in [0.2, 0.25) is 5.71 Å². The van der Waals surface area contributed by atoms with E-state index in [1.165, 1.54) is 24.3 Å². The average molecular weight is 898 g/mol. The van der Waals surface area contributed by atoms with Crippen molar-refractivity contribution in [2.45, 2.75) is 61.0 Å². The molecule has 54 heavy (non-hydrogen) atoms. The first-order valence-corrected chi connectivity index (χ1v) is 17.0. The summed E-state index contributed by atoms with van der Waals surface area (Å²) in [7, 11) is 0. The van der Waals surface area contributed by atoms with Crippen LogP contribution in [0.5, 0.6) is 0 Å². The van der Waals surface area contributed by atoms with Gasteiger partial charge in [-0.1, -0.05) is 111 Å². The second kappa shape index (κ2) is 16.4. The maximum Gasteiger partial charge on any atom is 0.216 e. The number of furan rings is 1. The Balaban J connectivity index is 0.000000229. The van der Waals surface area contributed by atoms with Gasteiger partial charge in [0, 0.05) is 62.8 Å². The molecule has 4 nitrogen and oxygen atoms in total. The van der Waals surface area contributed by atoms with Gasteiger partial charge < -0.3 is 14.4 Å². The maximum absolute atomic E-state index is 8.39. The van der Waals surface area contributed by atoms with E-state index in [1.807, 2.05) is 63.2 Å². The Hall–Kier alpha value is -5.22. The zero-order chi connectivity index (χ0) is 48.9. The Morgan fingerprint density at radius 3 is 2.30 bits per heavy atom. The molecule has 0 aliphatic heterocycles. The molecule has 0 atom stereocenters.